The number of aryl methyl sites for hydroxylation is 2. The molecular formula is C17H22N4O5S3. The molecule has 9 nitrogen and oxygen atoms in total. The van der Waals surface area contributed by atoms with Crippen molar-refractivity contribution in [2.75, 3.05) is 28.7 Å². The summed E-state index contributed by atoms with van der Waals surface area (Å²) in [6.07, 6.45) is 1.06. The lowest BCUT2D eigenvalue weighted by atomic mass is 10.1. The molecule has 1 atom stereocenters. The van der Waals surface area contributed by atoms with E-state index in [1.54, 1.807) is 12.1 Å². The summed E-state index contributed by atoms with van der Waals surface area (Å²) in [4.78, 5) is 23.9. The zero-order chi connectivity index (χ0) is 21.8. The van der Waals surface area contributed by atoms with Crippen molar-refractivity contribution in [3.8, 4) is 0 Å². The Bertz CT molecular complexity index is 986. The highest BCUT2D eigenvalue weighted by atomic mass is 32.2. The van der Waals surface area contributed by atoms with Crippen LogP contribution in [-0.2, 0) is 24.3 Å². The Kier molecular flexibility index (Phi) is 7.60. The number of sulfonamides is 1. The van der Waals surface area contributed by atoms with Crippen molar-refractivity contribution in [3.63, 3.8) is 0 Å². The number of esters is 1. The normalized spacial score (nSPS) is 12.3. The molecule has 29 heavy (non-hydrogen) atoms. The molecule has 0 saturated carbocycles. The lowest BCUT2D eigenvalue weighted by Crippen LogP contribution is -2.45. The van der Waals surface area contributed by atoms with E-state index in [2.05, 4.69) is 20.3 Å². The van der Waals surface area contributed by atoms with Gasteiger partial charge in [-0.15, -0.1) is 10.2 Å². The van der Waals surface area contributed by atoms with Crippen molar-refractivity contribution in [3.05, 3.63) is 29.3 Å². The quantitative estimate of drug-likeness (QED) is 0.363. The maximum absolute atomic E-state index is 12.7. The van der Waals surface area contributed by atoms with Gasteiger partial charge in [-0.25, -0.2) is 8.42 Å². The predicted molar refractivity (Wildman–Crippen MR) is 114 cm³/mol. The van der Waals surface area contributed by atoms with Crippen LogP contribution in [-0.4, -0.2) is 55.7 Å². The Balaban J connectivity index is 2.18. The zero-order valence-electron chi connectivity index (χ0n) is 16.6. The van der Waals surface area contributed by atoms with Crippen LogP contribution in [0.25, 0.3) is 0 Å². The average Bonchev–Trinajstić information content (AvgIpc) is 3.05. The summed E-state index contributed by atoms with van der Waals surface area (Å²) >= 11 is 2.22. The minimum absolute atomic E-state index is 0.0735. The molecule has 1 amide bonds. The Hall–Kier alpha value is -2.18. The van der Waals surface area contributed by atoms with Gasteiger partial charge in [0.2, 0.25) is 21.1 Å². The summed E-state index contributed by atoms with van der Waals surface area (Å²) in [5.41, 5.74) is 2.19. The van der Waals surface area contributed by atoms with Crippen molar-refractivity contribution in [2.45, 2.75) is 31.2 Å². The lowest BCUT2D eigenvalue weighted by Gasteiger charge is -2.28. The van der Waals surface area contributed by atoms with Gasteiger partial charge in [0.05, 0.1) is 24.8 Å². The van der Waals surface area contributed by atoms with Gasteiger partial charge in [0.1, 0.15) is 6.04 Å². The molecule has 0 bridgehead atoms. The fourth-order valence-corrected chi connectivity index (χ4v) is 5.34. The number of hydrogen-bond acceptors (Lipinski definition) is 9. The number of rotatable bonds is 8. The minimum Gasteiger partial charge on any atom is -0.468 e. The van der Waals surface area contributed by atoms with E-state index < -0.39 is 27.9 Å². The first-order valence-electron chi connectivity index (χ1n) is 8.43. The molecule has 0 spiro atoms. The van der Waals surface area contributed by atoms with Crippen LogP contribution in [0.4, 0.5) is 10.8 Å². The molecule has 0 saturated heterocycles. The van der Waals surface area contributed by atoms with Gasteiger partial charge in [0.25, 0.3) is 0 Å². The van der Waals surface area contributed by atoms with Crippen molar-refractivity contribution in [1.82, 2.24) is 10.2 Å². The first-order valence-corrected chi connectivity index (χ1v) is 12.1. The Morgan fingerprint density at radius 2 is 1.86 bits per heavy atom. The number of carbonyl (C=O) groups is 2. The Labute approximate surface area is 177 Å². The molecule has 1 heterocycles. The van der Waals surface area contributed by atoms with E-state index in [1.807, 2.05) is 19.9 Å². The second-order valence-electron chi connectivity index (χ2n) is 6.31. The maximum atomic E-state index is 12.7. The highest BCUT2D eigenvalue weighted by Gasteiger charge is 2.30. The van der Waals surface area contributed by atoms with Crippen molar-refractivity contribution < 1.29 is 22.7 Å². The maximum Gasteiger partial charge on any atom is 0.316 e. The summed E-state index contributed by atoms with van der Waals surface area (Å²) in [6.45, 7) is 5.22. The second kappa shape index (κ2) is 9.55. The second-order valence-corrected chi connectivity index (χ2v) is 10.4. The number of methoxy groups -OCH3 is 1. The van der Waals surface area contributed by atoms with Gasteiger partial charge in [0, 0.05) is 0 Å². The van der Waals surface area contributed by atoms with Crippen molar-refractivity contribution >= 4 is 55.8 Å². The number of hydrogen-bond donors (Lipinski definition) is 1. The van der Waals surface area contributed by atoms with Gasteiger partial charge in [-0.05, 0) is 44.0 Å². The number of amides is 1. The fourth-order valence-electron chi connectivity index (χ4n) is 2.59. The summed E-state index contributed by atoms with van der Waals surface area (Å²) in [7, 11) is -2.43. The zero-order valence-corrected chi connectivity index (χ0v) is 19.1. The van der Waals surface area contributed by atoms with Crippen LogP contribution in [0.2, 0.25) is 0 Å². The van der Waals surface area contributed by atoms with Gasteiger partial charge >= 0.3 is 5.97 Å². The Morgan fingerprint density at radius 1 is 1.24 bits per heavy atom. The topological polar surface area (TPSA) is 119 Å². The largest absolute Gasteiger partial charge is 0.468 e. The number of nitrogens with one attached hydrogen (secondary N) is 1. The smallest absolute Gasteiger partial charge is 0.316 e. The summed E-state index contributed by atoms with van der Waals surface area (Å²) < 4.78 is 30.9. The van der Waals surface area contributed by atoms with E-state index in [1.165, 1.54) is 14.0 Å². The minimum atomic E-state index is -3.72. The highest BCUT2D eigenvalue weighted by molar-refractivity contribution is 8.01. The number of benzene rings is 1. The van der Waals surface area contributed by atoms with Crippen LogP contribution in [0.5, 0.6) is 0 Å². The number of aromatic nitrogens is 2. The van der Waals surface area contributed by atoms with Crippen LogP contribution in [0.1, 0.15) is 18.1 Å². The van der Waals surface area contributed by atoms with E-state index in [9.17, 15) is 18.0 Å². The molecule has 0 radical (unpaired) electrons. The lowest BCUT2D eigenvalue weighted by molar-refractivity contribution is -0.137. The van der Waals surface area contributed by atoms with E-state index in [-0.39, 0.29) is 10.9 Å². The number of ether oxygens (including phenoxy) is 1. The molecule has 1 aromatic heterocycles. The van der Waals surface area contributed by atoms with E-state index >= 15 is 0 Å². The third-order valence-corrected chi connectivity index (χ3v) is 6.91. The molecular weight excluding hydrogens is 436 g/mol. The molecule has 0 aliphatic rings. The van der Waals surface area contributed by atoms with Gasteiger partial charge in [-0.2, -0.15) is 0 Å². The molecule has 0 fully saturated rings. The Morgan fingerprint density at radius 3 is 2.41 bits per heavy atom. The number of thioether (sulfide) groups is 1. The highest BCUT2D eigenvalue weighted by Crippen LogP contribution is 2.27. The van der Waals surface area contributed by atoms with Gasteiger partial charge in [-0.1, -0.05) is 29.2 Å². The monoisotopic (exact) mass is 458 g/mol. The van der Waals surface area contributed by atoms with Crippen LogP contribution >= 0.6 is 23.1 Å². The summed E-state index contributed by atoms with van der Waals surface area (Å²) in [5.74, 6) is -0.874. The molecule has 2 aromatic rings. The van der Waals surface area contributed by atoms with Gasteiger partial charge < -0.3 is 4.74 Å². The molecule has 12 heteroatoms. The first kappa shape index (κ1) is 23.1. The SMILES string of the molecule is COC(=O)CSc1nnc(NC(=O)C(C)N(c2cc(C)cc(C)c2)S(C)(=O)=O)s1. The van der Waals surface area contributed by atoms with Gasteiger partial charge in [0.15, 0.2) is 4.34 Å². The third kappa shape index (κ3) is 6.41. The van der Waals surface area contributed by atoms with Crippen LogP contribution in [0.3, 0.4) is 0 Å². The molecule has 0 aliphatic carbocycles. The molecule has 1 aromatic carbocycles. The van der Waals surface area contributed by atoms with Crippen LogP contribution in [0.15, 0.2) is 22.5 Å². The molecule has 158 valence electrons. The average molecular weight is 459 g/mol. The number of carbonyl (C=O) groups excluding carboxylic acids is 2. The van der Waals surface area contributed by atoms with Gasteiger partial charge in [-0.3, -0.25) is 19.2 Å². The summed E-state index contributed by atoms with van der Waals surface area (Å²) in [6, 6.07) is 4.33. The fraction of sp³-hybridized carbons (Fsp3) is 0.412. The standard InChI is InChI=1S/C17H22N4O5S3/c1-10-6-11(2)8-13(7-10)21(29(5,24)25)12(3)15(23)18-16-19-20-17(28-16)27-9-14(22)26-4/h6-8,12H,9H2,1-5H3,(H,18,19,23). The molecule has 1 unspecified atom stereocenters. The molecule has 0 aliphatic heterocycles. The third-order valence-electron chi connectivity index (χ3n) is 3.73. The predicted octanol–water partition coefficient (Wildman–Crippen LogP) is 2.21. The van der Waals surface area contributed by atoms with E-state index in [0.29, 0.717) is 10.0 Å². The van der Waals surface area contributed by atoms with Crippen LogP contribution in [0, 0.1) is 13.8 Å². The molecule has 1 N–H and O–H groups in total. The number of anilines is 2. The van der Waals surface area contributed by atoms with Crippen molar-refractivity contribution in [2.24, 2.45) is 0 Å². The summed E-state index contributed by atoms with van der Waals surface area (Å²) in [5, 5.41) is 10.5. The van der Waals surface area contributed by atoms with E-state index in [0.717, 1.165) is 44.8 Å². The number of nitrogens with zero attached hydrogens (tertiary/aromatic N) is 3. The van der Waals surface area contributed by atoms with Crippen molar-refractivity contribution in [1.29, 1.82) is 0 Å². The van der Waals surface area contributed by atoms with Crippen LogP contribution < -0.4 is 9.62 Å². The van der Waals surface area contributed by atoms with E-state index in [4.69, 9.17) is 0 Å². The first-order chi connectivity index (χ1) is 13.5. The molecule has 2 rings (SSSR count).